The van der Waals surface area contributed by atoms with Gasteiger partial charge in [0.1, 0.15) is 0 Å². The summed E-state index contributed by atoms with van der Waals surface area (Å²) in [7, 11) is 0. The highest BCUT2D eigenvalue weighted by molar-refractivity contribution is 5.44. The van der Waals surface area contributed by atoms with Gasteiger partial charge in [0.2, 0.25) is 5.95 Å². The third-order valence-corrected chi connectivity index (χ3v) is 7.98. The number of rotatable bonds is 4. The predicted octanol–water partition coefficient (Wildman–Crippen LogP) is 3.70. The van der Waals surface area contributed by atoms with Crippen molar-refractivity contribution in [1.82, 2.24) is 9.97 Å². The highest BCUT2D eigenvalue weighted by Gasteiger charge is 2.54. The van der Waals surface area contributed by atoms with Gasteiger partial charge in [-0.3, -0.25) is 0 Å². The predicted molar refractivity (Wildman–Crippen MR) is 108 cm³/mol. The van der Waals surface area contributed by atoms with Gasteiger partial charge in [0.25, 0.3) is 0 Å². The summed E-state index contributed by atoms with van der Waals surface area (Å²) in [5.41, 5.74) is 0.678. The van der Waals surface area contributed by atoms with Gasteiger partial charge in [-0.2, -0.15) is 0 Å². The molecule has 0 aromatic carbocycles. The van der Waals surface area contributed by atoms with E-state index in [1.807, 2.05) is 12.4 Å². The zero-order valence-electron chi connectivity index (χ0n) is 16.8. The smallest absolute Gasteiger partial charge is 0.225 e. The molecular weight excluding hydrogens is 336 g/mol. The van der Waals surface area contributed by atoms with Gasteiger partial charge in [-0.05, 0) is 74.5 Å². The Kier molecular flexibility index (Phi) is 4.34. The van der Waals surface area contributed by atoms with Crippen LogP contribution >= 0.6 is 0 Å². The molecule has 2 heterocycles. The van der Waals surface area contributed by atoms with E-state index >= 15 is 0 Å². The summed E-state index contributed by atoms with van der Waals surface area (Å²) in [5.74, 6) is 4.46. The van der Waals surface area contributed by atoms with Crippen molar-refractivity contribution >= 4 is 11.6 Å². The first-order chi connectivity index (χ1) is 13.0. The first kappa shape index (κ1) is 17.7. The minimum atomic E-state index is -0.364. The molecule has 5 heteroatoms. The molecule has 5 fully saturated rings. The van der Waals surface area contributed by atoms with Gasteiger partial charge in [-0.15, -0.1) is 0 Å². The summed E-state index contributed by atoms with van der Waals surface area (Å²) in [6.45, 7) is 6.81. The molecule has 0 radical (unpaired) electrons. The SMILES string of the molecule is CC(C)C1CCN(c2ncc(NC3C4CC5CC3CC(O)(C5)C4)cn2)CC1. The number of aromatic nitrogens is 2. The van der Waals surface area contributed by atoms with Gasteiger partial charge in [-0.25, -0.2) is 9.97 Å². The zero-order chi connectivity index (χ0) is 18.6. The average molecular weight is 371 g/mol. The van der Waals surface area contributed by atoms with Crippen molar-refractivity contribution in [2.24, 2.45) is 29.6 Å². The van der Waals surface area contributed by atoms with E-state index in [2.05, 4.69) is 34.0 Å². The molecule has 4 aliphatic carbocycles. The fraction of sp³-hybridized carbons (Fsp3) is 0.818. The monoisotopic (exact) mass is 370 g/mol. The second-order valence-corrected chi connectivity index (χ2v) is 10.2. The van der Waals surface area contributed by atoms with Crippen molar-refractivity contribution < 1.29 is 5.11 Å². The van der Waals surface area contributed by atoms with Crippen LogP contribution in [0.25, 0.3) is 0 Å². The first-order valence-electron chi connectivity index (χ1n) is 11.0. The normalized spacial score (nSPS) is 38.6. The van der Waals surface area contributed by atoms with E-state index in [9.17, 15) is 5.11 Å². The Labute approximate surface area is 163 Å². The molecule has 5 nitrogen and oxygen atoms in total. The van der Waals surface area contributed by atoms with Crippen molar-refractivity contribution in [3.05, 3.63) is 12.4 Å². The number of piperidine rings is 1. The topological polar surface area (TPSA) is 61.3 Å². The number of nitrogens with one attached hydrogen (secondary N) is 1. The second kappa shape index (κ2) is 6.61. The van der Waals surface area contributed by atoms with E-state index in [-0.39, 0.29) is 5.60 Å². The van der Waals surface area contributed by atoms with Crippen LogP contribution in [0.5, 0.6) is 0 Å². The van der Waals surface area contributed by atoms with Gasteiger partial charge in [0, 0.05) is 19.1 Å². The first-order valence-corrected chi connectivity index (χ1v) is 11.0. The maximum absolute atomic E-state index is 10.8. The van der Waals surface area contributed by atoms with Crippen LogP contribution in [-0.2, 0) is 0 Å². The van der Waals surface area contributed by atoms with Crippen LogP contribution in [0.2, 0.25) is 0 Å². The molecule has 2 N–H and O–H groups in total. The van der Waals surface area contributed by atoms with E-state index in [0.717, 1.165) is 61.7 Å². The summed E-state index contributed by atoms with van der Waals surface area (Å²) in [6.07, 6.45) is 12.0. The quantitative estimate of drug-likeness (QED) is 0.846. The lowest BCUT2D eigenvalue weighted by atomic mass is 9.52. The Hall–Kier alpha value is -1.36. The molecule has 4 bridgehead atoms. The van der Waals surface area contributed by atoms with Crippen molar-refractivity contribution in [2.75, 3.05) is 23.3 Å². The molecule has 1 aromatic rings. The van der Waals surface area contributed by atoms with Crippen LogP contribution < -0.4 is 10.2 Å². The van der Waals surface area contributed by atoms with E-state index in [0.29, 0.717) is 17.9 Å². The van der Waals surface area contributed by atoms with Crippen LogP contribution in [0.3, 0.4) is 0 Å². The molecule has 4 saturated carbocycles. The summed E-state index contributed by atoms with van der Waals surface area (Å²) >= 11 is 0. The minimum Gasteiger partial charge on any atom is -0.390 e. The lowest BCUT2D eigenvalue weighted by Gasteiger charge is -2.58. The van der Waals surface area contributed by atoms with Crippen LogP contribution in [0.1, 0.15) is 58.8 Å². The Morgan fingerprint density at radius 2 is 1.70 bits per heavy atom. The van der Waals surface area contributed by atoms with E-state index in [1.165, 1.54) is 25.7 Å². The highest BCUT2D eigenvalue weighted by Crippen LogP contribution is 2.56. The second-order valence-electron chi connectivity index (χ2n) is 10.2. The van der Waals surface area contributed by atoms with Crippen LogP contribution in [0.4, 0.5) is 11.6 Å². The largest absolute Gasteiger partial charge is 0.390 e. The Balaban J connectivity index is 1.22. The lowest BCUT2D eigenvalue weighted by Crippen LogP contribution is -2.58. The third kappa shape index (κ3) is 3.32. The van der Waals surface area contributed by atoms with Gasteiger partial charge in [0.05, 0.1) is 23.7 Å². The summed E-state index contributed by atoms with van der Waals surface area (Å²) < 4.78 is 0. The van der Waals surface area contributed by atoms with Crippen LogP contribution in [-0.4, -0.2) is 39.8 Å². The molecule has 0 amide bonds. The standard InChI is InChI=1S/C22H34N4O/c1-14(2)16-3-5-26(6-4-16)21-23-12-19(13-24-21)25-20-17-7-15-8-18(20)11-22(27,9-15)10-17/h12-18,20,25,27H,3-11H2,1-2H3. The van der Waals surface area contributed by atoms with Gasteiger partial charge in [0.15, 0.2) is 0 Å². The van der Waals surface area contributed by atoms with Crippen LogP contribution in [0, 0.1) is 29.6 Å². The molecule has 1 saturated heterocycles. The number of nitrogens with zero attached hydrogens (tertiary/aromatic N) is 3. The molecule has 2 unspecified atom stereocenters. The lowest BCUT2D eigenvalue weighted by molar-refractivity contribution is -0.129. The molecule has 6 rings (SSSR count). The van der Waals surface area contributed by atoms with Gasteiger partial charge < -0.3 is 15.3 Å². The number of hydrogen-bond acceptors (Lipinski definition) is 5. The Bertz CT molecular complexity index is 651. The number of aliphatic hydroxyl groups is 1. The number of hydrogen-bond donors (Lipinski definition) is 2. The maximum atomic E-state index is 10.8. The molecular formula is C22H34N4O. The maximum Gasteiger partial charge on any atom is 0.225 e. The minimum absolute atomic E-state index is 0.364. The van der Waals surface area contributed by atoms with Crippen molar-refractivity contribution in [3.63, 3.8) is 0 Å². The molecule has 1 aliphatic heterocycles. The summed E-state index contributed by atoms with van der Waals surface area (Å²) in [6, 6.07) is 0.484. The highest BCUT2D eigenvalue weighted by atomic mass is 16.3. The van der Waals surface area contributed by atoms with Crippen molar-refractivity contribution in [3.8, 4) is 0 Å². The Morgan fingerprint density at radius 1 is 1.07 bits per heavy atom. The third-order valence-electron chi connectivity index (χ3n) is 7.98. The van der Waals surface area contributed by atoms with E-state index in [1.54, 1.807) is 0 Å². The number of anilines is 2. The summed E-state index contributed by atoms with van der Waals surface area (Å²) in [4.78, 5) is 11.7. The van der Waals surface area contributed by atoms with Gasteiger partial charge >= 0.3 is 0 Å². The Morgan fingerprint density at radius 3 is 2.26 bits per heavy atom. The summed E-state index contributed by atoms with van der Waals surface area (Å²) in [5, 5.41) is 14.5. The van der Waals surface area contributed by atoms with Gasteiger partial charge in [-0.1, -0.05) is 13.8 Å². The average Bonchev–Trinajstić information content (AvgIpc) is 2.64. The van der Waals surface area contributed by atoms with Crippen LogP contribution in [0.15, 0.2) is 12.4 Å². The zero-order valence-corrected chi connectivity index (χ0v) is 16.8. The van der Waals surface area contributed by atoms with Crippen molar-refractivity contribution in [1.29, 1.82) is 0 Å². The fourth-order valence-electron chi connectivity index (χ4n) is 6.73. The van der Waals surface area contributed by atoms with E-state index < -0.39 is 0 Å². The molecule has 27 heavy (non-hydrogen) atoms. The molecule has 5 aliphatic rings. The molecule has 1 aromatic heterocycles. The fourth-order valence-corrected chi connectivity index (χ4v) is 6.73. The molecule has 0 spiro atoms. The van der Waals surface area contributed by atoms with Crippen molar-refractivity contribution in [2.45, 2.75) is 70.4 Å². The molecule has 2 atom stereocenters. The molecule has 148 valence electrons. The van der Waals surface area contributed by atoms with E-state index in [4.69, 9.17) is 0 Å².